The predicted octanol–water partition coefficient (Wildman–Crippen LogP) is 5.24. The molecule has 2 heterocycles. The van der Waals surface area contributed by atoms with Crippen molar-refractivity contribution in [1.82, 2.24) is 20.3 Å². The number of anilines is 1. The van der Waals surface area contributed by atoms with Crippen molar-refractivity contribution in [3.8, 4) is 17.0 Å². The fourth-order valence-corrected chi connectivity index (χ4v) is 3.81. The lowest BCUT2D eigenvalue weighted by atomic mass is 10.0. The van der Waals surface area contributed by atoms with Gasteiger partial charge in [-0.1, -0.05) is 30.7 Å². The average molecular weight is 480 g/mol. The SMILES string of the molecule is CCCNC(=O)c1ncc2c(-c3ncncc3Cl)c(F)ccc2c1NCc1ccc(OC)cc1. The van der Waals surface area contributed by atoms with E-state index in [2.05, 4.69) is 25.6 Å². The van der Waals surface area contributed by atoms with E-state index in [1.54, 1.807) is 13.2 Å². The van der Waals surface area contributed by atoms with Crippen LogP contribution in [0.1, 0.15) is 29.4 Å². The Morgan fingerprint density at radius 2 is 1.88 bits per heavy atom. The molecule has 0 radical (unpaired) electrons. The maximum atomic E-state index is 15.0. The number of nitrogens with zero attached hydrogens (tertiary/aromatic N) is 3. The largest absolute Gasteiger partial charge is 0.497 e. The van der Waals surface area contributed by atoms with Crippen molar-refractivity contribution >= 4 is 34.0 Å². The highest BCUT2D eigenvalue weighted by Gasteiger charge is 2.21. The molecule has 0 spiro atoms. The number of halogens is 2. The number of benzene rings is 2. The van der Waals surface area contributed by atoms with Crippen molar-refractivity contribution in [1.29, 1.82) is 0 Å². The van der Waals surface area contributed by atoms with Crippen LogP contribution in [0, 0.1) is 5.82 Å². The molecule has 4 rings (SSSR count). The number of nitrogens with one attached hydrogen (secondary N) is 2. The number of aromatic nitrogens is 3. The van der Waals surface area contributed by atoms with Crippen molar-refractivity contribution < 1.29 is 13.9 Å². The molecule has 0 aliphatic carbocycles. The van der Waals surface area contributed by atoms with Gasteiger partial charge in [0.15, 0.2) is 5.69 Å². The second-order valence-electron chi connectivity index (χ2n) is 7.54. The van der Waals surface area contributed by atoms with Crippen LogP contribution in [0.4, 0.5) is 10.1 Å². The van der Waals surface area contributed by atoms with Crippen LogP contribution in [0.25, 0.3) is 22.0 Å². The molecule has 174 valence electrons. The molecular weight excluding hydrogens is 457 g/mol. The van der Waals surface area contributed by atoms with Crippen LogP contribution in [-0.2, 0) is 6.54 Å². The minimum absolute atomic E-state index is 0.199. The summed E-state index contributed by atoms with van der Waals surface area (Å²) in [5.41, 5.74) is 2.14. The fraction of sp³-hybridized carbons (Fsp3) is 0.200. The topological polar surface area (TPSA) is 89.0 Å². The zero-order chi connectivity index (χ0) is 24.1. The van der Waals surface area contributed by atoms with Crippen molar-refractivity contribution in [2.24, 2.45) is 0 Å². The molecule has 0 unspecified atom stereocenters. The van der Waals surface area contributed by atoms with Crippen LogP contribution in [0.3, 0.4) is 0 Å². The first-order valence-electron chi connectivity index (χ1n) is 10.8. The van der Waals surface area contributed by atoms with Gasteiger partial charge in [0.2, 0.25) is 0 Å². The maximum absolute atomic E-state index is 15.0. The molecule has 34 heavy (non-hydrogen) atoms. The summed E-state index contributed by atoms with van der Waals surface area (Å²) >= 11 is 6.27. The van der Waals surface area contributed by atoms with Crippen molar-refractivity contribution in [2.75, 3.05) is 19.0 Å². The van der Waals surface area contributed by atoms with Gasteiger partial charge in [-0.3, -0.25) is 4.79 Å². The van der Waals surface area contributed by atoms with Crippen LogP contribution in [0.5, 0.6) is 5.75 Å². The number of ether oxygens (including phenoxy) is 1. The number of methoxy groups -OCH3 is 1. The number of pyridine rings is 1. The second kappa shape index (κ2) is 10.4. The molecule has 7 nitrogen and oxygen atoms in total. The maximum Gasteiger partial charge on any atom is 0.272 e. The summed E-state index contributed by atoms with van der Waals surface area (Å²) in [7, 11) is 1.61. The fourth-order valence-electron chi connectivity index (χ4n) is 3.61. The molecule has 1 amide bonds. The van der Waals surface area contributed by atoms with Crippen molar-refractivity contribution in [3.63, 3.8) is 0 Å². The molecule has 0 bridgehead atoms. The molecular formula is C25H23ClFN5O2. The van der Waals surface area contributed by atoms with Crippen LogP contribution in [-0.4, -0.2) is 34.5 Å². The van der Waals surface area contributed by atoms with Gasteiger partial charge < -0.3 is 15.4 Å². The average Bonchev–Trinajstić information content (AvgIpc) is 2.86. The number of amides is 1. The highest BCUT2D eigenvalue weighted by atomic mass is 35.5. The van der Waals surface area contributed by atoms with Gasteiger partial charge >= 0.3 is 0 Å². The molecule has 2 aromatic heterocycles. The second-order valence-corrected chi connectivity index (χ2v) is 7.95. The summed E-state index contributed by atoms with van der Waals surface area (Å²) in [4.78, 5) is 25.4. The van der Waals surface area contributed by atoms with E-state index in [1.165, 1.54) is 24.8 Å². The summed E-state index contributed by atoms with van der Waals surface area (Å²) < 4.78 is 20.2. The first kappa shape index (κ1) is 23.4. The summed E-state index contributed by atoms with van der Waals surface area (Å²) in [5.74, 6) is -0.0665. The molecule has 2 N–H and O–H groups in total. The number of carbonyl (C=O) groups excluding carboxylic acids is 1. The van der Waals surface area contributed by atoms with Crippen molar-refractivity contribution in [3.05, 3.63) is 77.2 Å². The van der Waals surface area contributed by atoms with Gasteiger partial charge in [0.05, 0.1) is 23.5 Å². The summed E-state index contributed by atoms with van der Waals surface area (Å²) in [6, 6.07) is 10.5. The smallest absolute Gasteiger partial charge is 0.272 e. The van der Waals surface area contributed by atoms with Crippen LogP contribution in [0.15, 0.2) is 55.1 Å². The molecule has 4 aromatic rings. The van der Waals surface area contributed by atoms with E-state index in [9.17, 15) is 4.79 Å². The van der Waals surface area contributed by atoms with E-state index < -0.39 is 5.82 Å². The third-order valence-electron chi connectivity index (χ3n) is 5.31. The number of rotatable bonds is 8. The van der Waals surface area contributed by atoms with Crippen LogP contribution in [0.2, 0.25) is 5.02 Å². The molecule has 0 aliphatic rings. The molecule has 0 aliphatic heterocycles. The number of fused-ring (bicyclic) bond motifs is 1. The lowest BCUT2D eigenvalue weighted by Crippen LogP contribution is -2.26. The summed E-state index contributed by atoms with van der Waals surface area (Å²) in [5, 5.41) is 7.50. The number of carbonyl (C=O) groups is 1. The summed E-state index contributed by atoms with van der Waals surface area (Å²) in [6.45, 7) is 2.90. The zero-order valence-corrected chi connectivity index (χ0v) is 19.5. The Morgan fingerprint density at radius 3 is 2.59 bits per heavy atom. The Balaban J connectivity index is 1.84. The van der Waals surface area contributed by atoms with Gasteiger partial charge in [-0.2, -0.15) is 0 Å². The van der Waals surface area contributed by atoms with E-state index in [0.29, 0.717) is 29.5 Å². The van der Waals surface area contributed by atoms with Gasteiger partial charge in [-0.15, -0.1) is 0 Å². The third-order valence-corrected chi connectivity index (χ3v) is 5.58. The Bertz CT molecular complexity index is 1330. The number of hydrogen-bond acceptors (Lipinski definition) is 6. The Labute approximate surface area is 201 Å². The van der Waals surface area contributed by atoms with Crippen molar-refractivity contribution in [2.45, 2.75) is 19.9 Å². The lowest BCUT2D eigenvalue weighted by Gasteiger charge is -2.17. The minimum atomic E-state index is -0.501. The Hall–Kier alpha value is -3.78. The lowest BCUT2D eigenvalue weighted by molar-refractivity contribution is 0.0949. The van der Waals surface area contributed by atoms with Gasteiger partial charge in [0, 0.05) is 41.8 Å². The molecule has 0 saturated carbocycles. The van der Waals surface area contributed by atoms with E-state index in [0.717, 1.165) is 17.7 Å². The van der Waals surface area contributed by atoms with E-state index in [-0.39, 0.29) is 27.9 Å². The van der Waals surface area contributed by atoms with Gasteiger partial charge in [0.1, 0.15) is 17.9 Å². The standard InChI is InChI=1S/C25H23ClFN5O2/c1-3-10-29-25(33)24-22(30-11-15-4-6-16(34-2)7-5-15)17-8-9-20(27)21(18(17)12-31-24)23-19(26)13-28-14-32-23/h4-9,12-14,30H,3,10-11H2,1-2H3,(H,29,33). The molecule has 2 aromatic carbocycles. The van der Waals surface area contributed by atoms with Gasteiger partial charge in [-0.05, 0) is 36.2 Å². The normalized spacial score (nSPS) is 10.8. The Morgan fingerprint density at radius 1 is 1.09 bits per heavy atom. The molecule has 0 fully saturated rings. The van der Waals surface area contributed by atoms with E-state index >= 15 is 4.39 Å². The predicted molar refractivity (Wildman–Crippen MR) is 131 cm³/mol. The first-order valence-corrected chi connectivity index (χ1v) is 11.1. The van der Waals surface area contributed by atoms with Gasteiger partial charge in [-0.25, -0.2) is 19.3 Å². The van der Waals surface area contributed by atoms with E-state index in [1.807, 2.05) is 31.2 Å². The highest BCUT2D eigenvalue weighted by molar-refractivity contribution is 6.33. The minimum Gasteiger partial charge on any atom is -0.497 e. The van der Waals surface area contributed by atoms with Crippen LogP contribution < -0.4 is 15.4 Å². The number of hydrogen-bond donors (Lipinski definition) is 2. The molecule has 0 saturated heterocycles. The van der Waals surface area contributed by atoms with Crippen LogP contribution >= 0.6 is 11.6 Å². The monoisotopic (exact) mass is 479 g/mol. The van der Waals surface area contributed by atoms with Gasteiger partial charge in [0.25, 0.3) is 5.91 Å². The quantitative estimate of drug-likeness (QED) is 0.359. The van der Waals surface area contributed by atoms with E-state index in [4.69, 9.17) is 16.3 Å². The highest BCUT2D eigenvalue weighted by Crippen LogP contribution is 2.37. The molecule has 9 heteroatoms. The zero-order valence-electron chi connectivity index (χ0n) is 18.7. The summed E-state index contributed by atoms with van der Waals surface area (Å²) in [6.07, 6.45) is 4.98. The first-order chi connectivity index (χ1) is 16.5. The third kappa shape index (κ3) is 4.77. The Kier molecular flexibility index (Phi) is 7.18. The molecule has 0 atom stereocenters.